The van der Waals surface area contributed by atoms with Crippen LogP contribution in [0.2, 0.25) is 0 Å². The molecule has 0 aliphatic rings. The van der Waals surface area contributed by atoms with Gasteiger partial charge in [-0.05, 0) is 31.2 Å². The lowest BCUT2D eigenvalue weighted by Gasteiger charge is -2.05. The molecule has 0 aliphatic carbocycles. The van der Waals surface area contributed by atoms with Crippen molar-refractivity contribution in [3.05, 3.63) is 46.2 Å². The van der Waals surface area contributed by atoms with Crippen LogP contribution < -0.4 is 4.74 Å². The van der Waals surface area contributed by atoms with Crippen LogP contribution >= 0.6 is 0 Å². The van der Waals surface area contributed by atoms with E-state index in [4.69, 9.17) is 9.15 Å². The van der Waals surface area contributed by atoms with Crippen LogP contribution in [0.3, 0.4) is 0 Å². The highest BCUT2D eigenvalue weighted by atomic mass is 16.6. The largest absolute Gasteiger partial charge is 0.494 e. The van der Waals surface area contributed by atoms with Crippen molar-refractivity contribution in [1.29, 1.82) is 0 Å². The van der Waals surface area contributed by atoms with Crippen molar-refractivity contribution in [3.63, 3.8) is 0 Å². The first-order valence-corrected chi connectivity index (χ1v) is 6.16. The number of nitrogens with zero attached hydrogens (tertiary/aromatic N) is 1. The first-order chi connectivity index (χ1) is 10.1. The summed E-state index contributed by atoms with van der Waals surface area (Å²) < 4.78 is 15.1. The van der Waals surface area contributed by atoms with Gasteiger partial charge < -0.3 is 13.9 Å². The molecular formula is C14H13NO6. The van der Waals surface area contributed by atoms with Crippen molar-refractivity contribution >= 4 is 11.7 Å². The summed E-state index contributed by atoms with van der Waals surface area (Å²) in [5, 5.41) is 11.2. The third kappa shape index (κ3) is 3.02. The maximum absolute atomic E-state index is 11.3. The number of nitro groups is 1. The molecule has 7 nitrogen and oxygen atoms in total. The van der Waals surface area contributed by atoms with Gasteiger partial charge in [0.2, 0.25) is 5.76 Å². The molecule has 0 aliphatic heterocycles. The lowest BCUT2D eigenvalue weighted by Crippen LogP contribution is -1.98. The number of methoxy groups -OCH3 is 1. The van der Waals surface area contributed by atoms with E-state index in [1.165, 1.54) is 31.4 Å². The molecule has 0 saturated carbocycles. The quantitative estimate of drug-likeness (QED) is 0.477. The number of hydrogen-bond donors (Lipinski definition) is 0. The van der Waals surface area contributed by atoms with Gasteiger partial charge in [0.1, 0.15) is 11.5 Å². The zero-order valence-corrected chi connectivity index (χ0v) is 11.5. The Labute approximate surface area is 120 Å². The summed E-state index contributed by atoms with van der Waals surface area (Å²) >= 11 is 0. The second-order valence-electron chi connectivity index (χ2n) is 4.02. The van der Waals surface area contributed by atoms with Gasteiger partial charge in [-0.2, -0.15) is 0 Å². The van der Waals surface area contributed by atoms with Gasteiger partial charge in [0.05, 0.1) is 30.3 Å². The lowest BCUT2D eigenvalue weighted by molar-refractivity contribution is -0.384. The monoisotopic (exact) mass is 291 g/mol. The van der Waals surface area contributed by atoms with E-state index in [1.54, 1.807) is 13.0 Å². The maximum atomic E-state index is 11.3. The topological polar surface area (TPSA) is 91.8 Å². The second kappa shape index (κ2) is 6.08. The normalized spacial score (nSPS) is 10.2. The van der Waals surface area contributed by atoms with Crippen LogP contribution in [0.25, 0.3) is 11.3 Å². The van der Waals surface area contributed by atoms with Gasteiger partial charge in [-0.3, -0.25) is 10.1 Å². The average Bonchev–Trinajstić information content (AvgIpc) is 2.96. The molecule has 0 saturated heterocycles. The van der Waals surface area contributed by atoms with Gasteiger partial charge in [-0.15, -0.1) is 0 Å². The fourth-order valence-corrected chi connectivity index (χ4v) is 1.82. The summed E-state index contributed by atoms with van der Waals surface area (Å²) in [4.78, 5) is 22.0. The summed E-state index contributed by atoms with van der Waals surface area (Å²) in [6.45, 7) is 2.19. The Hall–Kier alpha value is -2.83. The van der Waals surface area contributed by atoms with E-state index in [1.807, 2.05) is 0 Å². The molecule has 21 heavy (non-hydrogen) atoms. The Morgan fingerprint density at radius 3 is 2.71 bits per heavy atom. The molecule has 2 rings (SSSR count). The number of hydrogen-bond acceptors (Lipinski definition) is 6. The number of furan rings is 1. The molecule has 0 unspecified atom stereocenters. The molecule has 0 spiro atoms. The second-order valence-corrected chi connectivity index (χ2v) is 4.02. The Bertz CT molecular complexity index is 676. The smallest absolute Gasteiger partial charge is 0.373 e. The van der Waals surface area contributed by atoms with Gasteiger partial charge in [0, 0.05) is 0 Å². The molecular weight excluding hydrogens is 278 g/mol. The number of ether oxygens (including phenoxy) is 2. The van der Waals surface area contributed by atoms with Crippen LogP contribution in [0, 0.1) is 10.1 Å². The molecule has 110 valence electrons. The summed E-state index contributed by atoms with van der Waals surface area (Å²) in [6, 6.07) is 7.32. The van der Waals surface area contributed by atoms with E-state index in [0.29, 0.717) is 12.4 Å². The van der Waals surface area contributed by atoms with E-state index in [2.05, 4.69) is 4.74 Å². The van der Waals surface area contributed by atoms with Crippen LogP contribution in [0.1, 0.15) is 17.5 Å². The number of carbonyl (C=O) groups excluding carboxylic acids is 1. The number of esters is 1. The van der Waals surface area contributed by atoms with Gasteiger partial charge >= 0.3 is 5.97 Å². The fraction of sp³-hybridized carbons (Fsp3) is 0.214. The average molecular weight is 291 g/mol. The zero-order valence-electron chi connectivity index (χ0n) is 11.5. The number of carbonyl (C=O) groups is 1. The molecule has 0 atom stereocenters. The van der Waals surface area contributed by atoms with Crippen LogP contribution in [0.5, 0.6) is 5.75 Å². The Kier molecular flexibility index (Phi) is 4.22. The van der Waals surface area contributed by atoms with Crippen molar-refractivity contribution in [2.75, 3.05) is 13.7 Å². The Morgan fingerprint density at radius 1 is 1.33 bits per heavy atom. The minimum Gasteiger partial charge on any atom is -0.494 e. The summed E-state index contributed by atoms with van der Waals surface area (Å²) in [6.07, 6.45) is 0. The van der Waals surface area contributed by atoms with Crippen LogP contribution in [-0.2, 0) is 4.74 Å². The van der Waals surface area contributed by atoms with Crippen molar-refractivity contribution in [1.82, 2.24) is 0 Å². The van der Waals surface area contributed by atoms with E-state index in [9.17, 15) is 14.9 Å². The Morgan fingerprint density at radius 2 is 2.10 bits per heavy atom. The van der Waals surface area contributed by atoms with Gasteiger partial charge in [-0.25, -0.2) is 4.79 Å². The SMILES string of the molecule is CCOc1ccc(-c2ccc(C(=O)OC)o2)c([N+](=O)[O-])c1. The predicted molar refractivity (Wildman–Crippen MR) is 73.3 cm³/mol. The van der Waals surface area contributed by atoms with Crippen LogP contribution in [-0.4, -0.2) is 24.6 Å². The van der Waals surface area contributed by atoms with Gasteiger partial charge in [-0.1, -0.05) is 0 Å². The molecule has 1 aromatic heterocycles. The minimum absolute atomic E-state index is 0.0179. The van der Waals surface area contributed by atoms with Crippen molar-refractivity contribution in [3.8, 4) is 17.1 Å². The lowest BCUT2D eigenvalue weighted by atomic mass is 10.1. The number of nitro benzene ring substituents is 1. The van der Waals surface area contributed by atoms with E-state index in [-0.39, 0.29) is 22.8 Å². The summed E-state index contributed by atoms with van der Waals surface area (Å²) in [7, 11) is 1.23. The van der Waals surface area contributed by atoms with Crippen molar-refractivity contribution < 1.29 is 23.6 Å². The van der Waals surface area contributed by atoms with E-state index < -0.39 is 10.9 Å². The summed E-state index contributed by atoms with van der Waals surface area (Å²) in [5.74, 6) is -0.0524. The number of rotatable bonds is 5. The van der Waals surface area contributed by atoms with Crippen LogP contribution in [0.15, 0.2) is 34.7 Å². The zero-order chi connectivity index (χ0) is 15.4. The van der Waals surface area contributed by atoms with Gasteiger partial charge in [0.15, 0.2) is 0 Å². The number of benzene rings is 1. The molecule has 0 bridgehead atoms. The highest BCUT2D eigenvalue weighted by molar-refractivity contribution is 5.87. The standard InChI is InChI=1S/C14H13NO6/c1-3-20-9-4-5-10(11(8-9)15(17)18)12-6-7-13(21-12)14(16)19-2/h4-8H,3H2,1-2H3. The maximum Gasteiger partial charge on any atom is 0.373 e. The highest BCUT2D eigenvalue weighted by Gasteiger charge is 2.21. The molecule has 2 aromatic rings. The molecule has 0 fully saturated rings. The third-order valence-corrected chi connectivity index (χ3v) is 2.73. The summed E-state index contributed by atoms with van der Waals surface area (Å²) in [5.41, 5.74) is 0.102. The molecule has 0 amide bonds. The molecule has 0 N–H and O–H groups in total. The third-order valence-electron chi connectivity index (χ3n) is 2.73. The Balaban J connectivity index is 2.45. The first-order valence-electron chi connectivity index (χ1n) is 6.16. The molecule has 7 heteroatoms. The fourth-order valence-electron chi connectivity index (χ4n) is 1.82. The molecule has 0 radical (unpaired) electrons. The first kappa shape index (κ1) is 14.6. The predicted octanol–water partition coefficient (Wildman–Crippen LogP) is 3.04. The highest BCUT2D eigenvalue weighted by Crippen LogP contribution is 2.34. The molecule has 1 heterocycles. The van der Waals surface area contributed by atoms with E-state index in [0.717, 1.165) is 0 Å². The minimum atomic E-state index is -0.644. The van der Waals surface area contributed by atoms with Crippen LogP contribution in [0.4, 0.5) is 5.69 Å². The van der Waals surface area contributed by atoms with Gasteiger partial charge in [0.25, 0.3) is 5.69 Å². The van der Waals surface area contributed by atoms with Crippen molar-refractivity contribution in [2.45, 2.75) is 6.92 Å². The van der Waals surface area contributed by atoms with Crippen molar-refractivity contribution in [2.24, 2.45) is 0 Å². The van der Waals surface area contributed by atoms with E-state index >= 15 is 0 Å². The molecule has 1 aromatic carbocycles.